The van der Waals surface area contributed by atoms with Crippen molar-refractivity contribution >= 4 is 29.1 Å². The molecule has 1 aromatic rings. The number of anilines is 1. The number of urea groups is 1. The summed E-state index contributed by atoms with van der Waals surface area (Å²) in [4.78, 5) is 30.4. The second kappa shape index (κ2) is 7.42. The highest BCUT2D eigenvalue weighted by Gasteiger charge is 2.41. The van der Waals surface area contributed by atoms with Crippen molar-refractivity contribution in [2.45, 2.75) is 38.1 Å². The van der Waals surface area contributed by atoms with Gasteiger partial charge in [-0.15, -0.1) is 17.8 Å². The SMILES string of the molecule is C#Cc1nc(NC(=O)NC(CO)C(=O)N2CCC3(CCC3)CC2)cs1. The second-order valence-corrected chi connectivity index (χ2v) is 7.55. The van der Waals surface area contributed by atoms with E-state index >= 15 is 0 Å². The molecule has 2 fully saturated rings. The lowest BCUT2D eigenvalue weighted by Crippen LogP contribution is -2.54. The molecule has 25 heavy (non-hydrogen) atoms. The Labute approximate surface area is 150 Å². The van der Waals surface area contributed by atoms with Crippen LogP contribution in [0.2, 0.25) is 0 Å². The molecule has 1 spiro atoms. The number of carbonyl (C=O) groups excluding carboxylic acids is 2. The second-order valence-electron chi connectivity index (χ2n) is 6.69. The van der Waals surface area contributed by atoms with Crippen LogP contribution in [0.5, 0.6) is 0 Å². The summed E-state index contributed by atoms with van der Waals surface area (Å²) in [5.74, 6) is 2.47. The number of carbonyl (C=O) groups is 2. The molecule has 3 amide bonds. The predicted octanol–water partition coefficient (Wildman–Crippen LogP) is 1.40. The molecular formula is C17H22N4O3S. The van der Waals surface area contributed by atoms with Gasteiger partial charge in [0, 0.05) is 18.5 Å². The number of piperidine rings is 1. The van der Waals surface area contributed by atoms with Gasteiger partial charge < -0.3 is 15.3 Å². The van der Waals surface area contributed by atoms with E-state index in [1.165, 1.54) is 30.6 Å². The van der Waals surface area contributed by atoms with Gasteiger partial charge in [0.1, 0.15) is 11.9 Å². The quantitative estimate of drug-likeness (QED) is 0.706. The molecule has 1 saturated heterocycles. The van der Waals surface area contributed by atoms with Crippen molar-refractivity contribution in [2.75, 3.05) is 25.0 Å². The molecule has 134 valence electrons. The molecule has 1 aliphatic carbocycles. The van der Waals surface area contributed by atoms with Gasteiger partial charge >= 0.3 is 6.03 Å². The summed E-state index contributed by atoms with van der Waals surface area (Å²) in [6.07, 6.45) is 11.1. The van der Waals surface area contributed by atoms with Crippen LogP contribution in [0.4, 0.5) is 10.6 Å². The fourth-order valence-electron chi connectivity index (χ4n) is 3.49. The van der Waals surface area contributed by atoms with E-state index in [1.54, 1.807) is 10.3 Å². The molecule has 1 saturated carbocycles. The molecule has 0 aromatic carbocycles. The van der Waals surface area contributed by atoms with Gasteiger partial charge in [0.2, 0.25) is 5.91 Å². The number of thiazole rings is 1. The minimum Gasteiger partial charge on any atom is -0.394 e. The summed E-state index contributed by atoms with van der Waals surface area (Å²) in [5, 5.41) is 16.6. The molecule has 1 aromatic heterocycles. The van der Waals surface area contributed by atoms with E-state index in [4.69, 9.17) is 6.42 Å². The van der Waals surface area contributed by atoms with Crippen LogP contribution in [0.1, 0.15) is 37.1 Å². The third-order valence-corrected chi connectivity index (χ3v) is 5.98. The van der Waals surface area contributed by atoms with Crippen molar-refractivity contribution in [3.8, 4) is 12.3 Å². The number of nitrogens with one attached hydrogen (secondary N) is 2. The Morgan fingerprint density at radius 3 is 2.64 bits per heavy atom. The molecule has 3 N–H and O–H groups in total. The lowest BCUT2D eigenvalue weighted by molar-refractivity contribution is -0.137. The van der Waals surface area contributed by atoms with Crippen molar-refractivity contribution in [1.29, 1.82) is 0 Å². The first-order valence-electron chi connectivity index (χ1n) is 8.44. The molecule has 3 rings (SSSR count). The Morgan fingerprint density at radius 1 is 1.40 bits per heavy atom. The number of hydrogen-bond donors (Lipinski definition) is 3. The van der Waals surface area contributed by atoms with Crippen molar-refractivity contribution in [2.24, 2.45) is 5.41 Å². The molecule has 0 bridgehead atoms. The van der Waals surface area contributed by atoms with Crippen LogP contribution in [-0.4, -0.2) is 52.7 Å². The van der Waals surface area contributed by atoms with Crippen LogP contribution in [0.3, 0.4) is 0 Å². The zero-order valence-electron chi connectivity index (χ0n) is 14.0. The van der Waals surface area contributed by atoms with Gasteiger partial charge in [0.05, 0.1) is 6.61 Å². The van der Waals surface area contributed by atoms with Gasteiger partial charge in [-0.3, -0.25) is 10.1 Å². The number of aliphatic hydroxyl groups is 1. The lowest BCUT2D eigenvalue weighted by atomic mass is 9.63. The minimum atomic E-state index is -0.957. The normalized spacial score (nSPS) is 19.6. The van der Waals surface area contributed by atoms with Crippen molar-refractivity contribution < 1.29 is 14.7 Å². The first-order chi connectivity index (χ1) is 12.0. The fourth-order valence-corrected chi connectivity index (χ4v) is 4.05. The Morgan fingerprint density at radius 2 is 2.12 bits per heavy atom. The Hall–Kier alpha value is -2.11. The van der Waals surface area contributed by atoms with E-state index in [9.17, 15) is 14.7 Å². The first-order valence-corrected chi connectivity index (χ1v) is 9.32. The highest BCUT2D eigenvalue weighted by molar-refractivity contribution is 7.10. The van der Waals surface area contributed by atoms with E-state index in [-0.39, 0.29) is 5.91 Å². The number of likely N-dealkylation sites (tertiary alicyclic amines) is 1. The number of amides is 3. The summed E-state index contributed by atoms with van der Waals surface area (Å²) in [6, 6.07) is -1.55. The summed E-state index contributed by atoms with van der Waals surface area (Å²) < 4.78 is 0. The summed E-state index contributed by atoms with van der Waals surface area (Å²) in [5.41, 5.74) is 0.440. The lowest BCUT2D eigenvalue weighted by Gasteiger charge is -2.48. The molecule has 7 nitrogen and oxygen atoms in total. The van der Waals surface area contributed by atoms with Gasteiger partial charge in [-0.2, -0.15) is 0 Å². The van der Waals surface area contributed by atoms with Gasteiger partial charge in [0.15, 0.2) is 5.01 Å². The molecular weight excluding hydrogens is 340 g/mol. The number of hydrogen-bond acceptors (Lipinski definition) is 5. The molecule has 0 radical (unpaired) electrons. The smallest absolute Gasteiger partial charge is 0.321 e. The van der Waals surface area contributed by atoms with Crippen LogP contribution >= 0.6 is 11.3 Å². The third kappa shape index (κ3) is 3.94. The average Bonchev–Trinajstić information content (AvgIpc) is 3.05. The maximum atomic E-state index is 12.6. The highest BCUT2D eigenvalue weighted by atomic mass is 32.1. The molecule has 1 aliphatic heterocycles. The molecule has 8 heteroatoms. The van der Waals surface area contributed by atoms with E-state index in [1.807, 2.05) is 0 Å². The molecule has 1 atom stereocenters. The van der Waals surface area contributed by atoms with E-state index in [2.05, 4.69) is 21.5 Å². The van der Waals surface area contributed by atoms with Crippen molar-refractivity contribution in [3.05, 3.63) is 10.4 Å². The average molecular weight is 362 g/mol. The number of rotatable bonds is 4. The zero-order chi connectivity index (χ0) is 17.9. The minimum absolute atomic E-state index is 0.241. The fraction of sp³-hybridized carbons (Fsp3) is 0.588. The Bertz CT molecular complexity index is 682. The van der Waals surface area contributed by atoms with Gasteiger partial charge in [-0.25, -0.2) is 9.78 Å². The first kappa shape index (κ1) is 17.7. The standard InChI is InChI=1S/C17H22N4O3S/c1-2-14-19-13(11-25-14)20-16(24)18-12(10-22)15(23)21-8-6-17(7-9-21)4-3-5-17/h1,11-12,22H,3-10H2,(H2,18,20,24). The maximum Gasteiger partial charge on any atom is 0.321 e. The zero-order valence-corrected chi connectivity index (χ0v) is 14.8. The van der Waals surface area contributed by atoms with Gasteiger partial charge in [-0.1, -0.05) is 6.42 Å². The Balaban J connectivity index is 1.51. The van der Waals surface area contributed by atoms with Crippen LogP contribution < -0.4 is 10.6 Å². The summed E-state index contributed by atoms with van der Waals surface area (Å²) >= 11 is 1.24. The number of aliphatic hydroxyl groups excluding tert-OH is 1. The third-order valence-electron chi connectivity index (χ3n) is 5.21. The van der Waals surface area contributed by atoms with Crippen molar-refractivity contribution in [3.63, 3.8) is 0 Å². The van der Waals surface area contributed by atoms with Crippen LogP contribution in [0.15, 0.2) is 5.38 Å². The maximum absolute atomic E-state index is 12.6. The van der Waals surface area contributed by atoms with E-state index in [0.29, 0.717) is 29.3 Å². The van der Waals surface area contributed by atoms with Gasteiger partial charge in [-0.05, 0) is 37.0 Å². The van der Waals surface area contributed by atoms with Crippen LogP contribution in [0, 0.1) is 17.8 Å². The van der Waals surface area contributed by atoms with E-state index in [0.717, 1.165) is 12.8 Å². The largest absolute Gasteiger partial charge is 0.394 e. The predicted molar refractivity (Wildman–Crippen MR) is 95.2 cm³/mol. The molecule has 1 unspecified atom stereocenters. The monoisotopic (exact) mass is 362 g/mol. The summed E-state index contributed by atoms with van der Waals surface area (Å²) in [6.45, 7) is 0.938. The number of aromatic nitrogens is 1. The van der Waals surface area contributed by atoms with Crippen molar-refractivity contribution in [1.82, 2.24) is 15.2 Å². The number of nitrogens with zero attached hydrogens (tertiary/aromatic N) is 2. The van der Waals surface area contributed by atoms with Gasteiger partial charge in [0.25, 0.3) is 0 Å². The van der Waals surface area contributed by atoms with E-state index < -0.39 is 18.7 Å². The molecule has 2 aliphatic rings. The molecule has 2 heterocycles. The topological polar surface area (TPSA) is 94.6 Å². The van der Waals surface area contributed by atoms with Crippen LogP contribution in [-0.2, 0) is 4.79 Å². The van der Waals surface area contributed by atoms with Crippen LogP contribution in [0.25, 0.3) is 0 Å². The Kier molecular flexibility index (Phi) is 5.25. The summed E-state index contributed by atoms with van der Waals surface area (Å²) in [7, 11) is 0. The number of terminal acetylenes is 1. The highest BCUT2D eigenvalue weighted by Crippen LogP contribution is 2.48.